The van der Waals surface area contributed by atoms with Crippen molar-refractivity contribution in [2.75, 3.05) is 32.9 Å². The van der Waals surface area contributed by atoms with Crippen molar-refractivity contribution in [2.45, 2.75) is 44.8 Å². The van der Waals surface area contributed by atoms with E-state index in [9.17, 15) is 34.0 Å². The Labute approximate surface area is 193 Å². The van der Waals surface area contributed by atoms with Crippen LogP contribution in [0.1, 0.15) is 27.0 Å². The number of aromatic amines is 1. The number of ether oxygens (including phenoxy) is 3. The third-order valence-corrected chi connectivity index (χ3v) is 6.41. The van der Waals surface area contributed by atoms with Crippen LogP contribution >= 0.6 is 7.67 Å². The van der Waals surface area contributed by atoms with E-state index in [1.807, 2.05) is 4.98 Å². The zero-order valence-electron chi connectivity index (χ0n) is 18.9. The van der Waals surface area contributed by atoms with E-state index in [0.29, 0.717) is 0 Å². The topological polar surface area (TPSA) is 208 Å². The van der Waals surface area contributed by atoms with E-state index >= 15 is 0 Å². The van der Waals surface area contributed by atoms with Crippen LogP contribution in [0.5, 0.6) is 0 Å². The summed E-state index contributed by atoms with van der Waals surface area (Å²) in [7, 11) is -4.09. The second-order valence-corrected chi connectivity index (χ2v) is 9.34. The number of esters is 2. The standard InChI is InChI=1S/C18H29N4O11P/c1-4-30-13(24)8-19-34(29,20-9-14(25)31-5-2)32-10-11-15(26)18(3,28)16(33-11)22-7-6-12(23)21-17(22)27/h6-7,11,15-16,26,28H,4-5,8-10H2,1-3H3,(H2,19,20,29)(H,21,23,27)/t11-,15?,16+,18?/m1/s1. The van der Waals surface area contributed by atoms with Gasteiger partial charge in [-0.3, -0.25) is 28.5 Å². The van der Waals surface area contributed by atoms with Crippen LogP contribution in [0.4, 0.5) is 0 Å². The van der Waals surface area contributed by atoms with Crippen LogP contribution < -0.4 is 21.4 Å². The van der Waals surface area contributed by atoms with E-state index in [0.717, 1.165) is 16.8 Å². The molecule has 5 N–H and O–H groups in total. The van der Waals surface area contributed by atoms with Gasteiger partial charge in [-0.05, 0) is 20.8 Å². The van der Waals surface area contributed by atoms with Crippen molar-refractivity contribution < 1.29 is 43.1 Å². The number of aliphatic hydroxyl groups excluding tert-OH is 1. The first-order valence-electron chi connectivity index (χ1n) is 10.4. The Hall–Kier alpha value is -2.39. The highest BCUT2D eigenvalue weighted by atomic mass is 31.2. The predicted molar refractivity (Wildman–Crippen MR) is 115 cm³/mol. The van der Waals surface area contributed by atoms with Crippen LogP contribution in [0.25, 0.3) is 0 Å². The molecular formula is C18H29N4O11P. The summed E-state index contributed by atoms with van der Waals surface area (Å²) < 4.78 is 34.4. The largest absolute Gasteiger partial charge is 0.465 e. The number of aliphatic hydroxyl groups is 2. The minimum Gasteiger partial charge on any atom is -0.465 e. The van der Waals surface area contributed by atoms with Crippen LogP contribution in [0, 0.1) is 0 Å². The van der Waals surface area contributed by atoms with Crippen molar-refractivity contribution in [3.05, 3.63) is 33.1 Å². The van der Waals surface area contributed by atoms with Gasteiger partial charge in [0.1, 0.15) is 30.9 Å². The van der Waals surface area contributed by atoms with Gasteiger partial charge in [0.05, 0.1) is 19.8 Å². The van der Waals surface area contributed by atoms with Crippen LogP contribution in [-0.2, 0) is 32.9 Å². The zero-order chi connectivity index (χ0) is 25.5. The number of nitrogens with one attached hydrogen (secondary N) is 3. The molecule has 0 aliphatic carbocycles. The smallest absolute Gasteiger partial charge is 0.341 e. The molecule has 1 fully saturated rings. The van der Waals surface area contributed by atoms with E-state index in [1.54, 1.807) is 13.8 Å². The summed E-state index contributed by atoms with van der Waals surface area (Å²) in [5.74, 6) is -1.47. The zero-order valence-corrected chi connectivity index (χ0v) is 19.8. The lowest BCUT2D eigenvalue weighted by Crippen LogP contribution is -2.47. The fraction of sp³-hybridized carbons (Fsp3) is 0.667. The molecule has 15 nitrogen and oxygen atoms in total. The number of rotatable bonds is 12. The second kappa shape index (κ2) is 11.8. The van der Waals surface area contributed by atoms with Crippen molar-refractivity contribution in [1.82, 2.24) is 19.7 Å². The van der Waals surface area contributed by atoms with Gasteiger partial charge in [-0.25, -0.2) is 15.0 Å². The SMILES string of the molecule is CCOC(=O)CNP(=O)(NCC(=O)OCC)OC[C@H]1O[C@H](n2ccc(=O)[nH]c2=O)C(C)(O)C1O. The van der Waals surface area contributed by atoms with E-state index < -0.39 is 74.6 Å². The molecule has 1 aromatic heterocycles. The molecule has 1 aliphatic heterocycles. The maximum absolute atomic E-state index is 13.1. The van der Waals surface area contributed by atoms with Crippen LogP contribution in [0.15, 0.2) is 21.9 Å². The molecule has 2 rings (SSSR count). The van der Waals surface area contributed by atoms with Gasteiger partial charge in [-0.1, -0.05) is 0 Å². The first-order valence-corrected chi connectivity index (χ1v) is 12.0. The highest BCUT2D eigenvalue weighted by Crippen LogP contribution is 2.41. The van der Waals surface area contributed by atoms with Crippen molar-refractivity contribution >= 4 is 19.6 Å². The predicted octanol–water partition coefficient (Wildman–Crippen LogP) is -2.02. The summed E-state index contributed by atoms with van der Waals surface area (Å²) in [6.07, 6.45) is -3.23. The summed E-state index contributed by atoms with van der Waals surface area (Å²) >= 11 is 0. The summed E-state index contributed by atoms with van der Waals surface area (Å²) in [6, 6.07) is 1.03. The lowest BCUT2D eigenvalue weighted by atomic mass is 9.96. The minimum atomic E-state index is -4.09. The molecule has 1 aromatic rings. The van der Waals surface area contributed by atoms with Crippen molar-refractivity contribution in [3.8, 4) is 0 Å². The maximum Gasteiger partial charge on any atom is 0.341 e. The summed E-state index contributed by atoms with van der Waals surface area (Å²) in [6.45, 7) is 2.91. The first kappa shape index (κ1) is 27.9. The van der Waals surface area contributed by atoms with Gasteiger partial charge in [0.25, 0.3) is 5.56 Å². The molecule has 0 bridgehead atoms. The van der Waals surface area contributed by atoms with Gasteiger partial charge < -0.3 is 28.9 Å². The number of H-pyrrole nitrogens is 1. The molecule has 2 heterocycles. The average Bonchev–Trinajstić information content (AvgIpc) is 2.99. The molecule has 0 radical (unpaired) electrons. The van der Waals surface area contributed by atoms with Crippen molar-refractivity contribution in [1.29, 1.82) is 0 Å². The highest BCUT2D eigenvalue weighted by Gasteiger charge is 2.53. The highest BCUT2D eigenvalue weighted by molar-refractivity contribution is 7.54. The third-order valence-electron chi connectivity index (χ3n) is 4.75. The summed E-state index contributed by atoms with van der Waals surface area (Å²) in [5, 5.41) is 26.0. The molecule has 0 saturated carbocycles. The summed E-state index contributed by atoms with van der Waals surface area (Å²) in [4.78, 5) is 48.7. The Balaban J connectivity index is 2.14. The Morgan fingerprint density at radius 2 is 1.76 bits per heavy atom. The molecule has 16 heteroatoms. The van der Waals surface area contributed by atoms with Gasteiger partial charge in [-0.15, -0.1) is 0 Å². The molecule has 1 saturated heterocycles. The summed E-state index contributed by atoms with van der Waals surface area (Å²) in [5.41, 5.74) is -3.55. The number of aromatic nitrogens is 2. The van der Waals surface area contributed by atoms with Gasteiger partial charge in [0, 0.05) is 12.3 Å². The monoisotopic (exact) mass is 508 g/mol. The van der Waals surface area contributed by atoms with Crippen LogP contribution in [0.3, 0.4) is 0 Å². The first-order chi connectivity index (χ1) is 15.9. The number of carbonyl (C=O) groups excluding carboxylic acids is 2. The van der Waals surface area contributed by atoms with Gasteiger partial charge in [0.15, 0.2) is 6.23 Å². The van der Waals surface area contributed by atoms with Crippen molar-refractivity contribution in [3.63, 3.8) is 0 Å². The normalized spacial score (nSPS) is 24.7. The van der Waals surface area contributed by atoms with Crippen LogP contribution in [-0.4, -0.2) is 82.4 Å². The Kier molecular flexibility index (Phi) is 9.70. The van der Waals surface area contributed by atoms with Gasteiger partial charge in [-0.2, -0.15) is 0 Å². The minimum absolute atomic E-state index is 0.0879. The molecule has 192 valence electrons. The molecule has 0 spiro atoms. The number of hydrogen-bond donors (Lipinski definition) is 5. The second-order valence-electron chi connectivity index (χ2n) is 7.34. The fourth-order valence-corrected chi connectivity index (χ4v) is 4.40. The van der Waals surface area contributed by atoms with Crippen LogP contribution in [0.2, 0.25) is 0 Å². The number of hydrogen-bond acceptors (Lipinski definition) is 11. The maximum atomic E-state index is 13.1. The molecular weight excluding hydrogens is 479 g/mol. The lowest BCUT2D eigenvalue weighted by molar-refractivity contribution is -0.142. The molecule has 0 amide bonds. The Morgan fingerprint density at radius 1 is 1.21 bits per heavy atom. The third kappa shape index (κ3) is 7.06. The van der Waals surface area contributed by atoms with E-state index in [2.05, 4.69) is 10.2 Å². The molecule has 4 atom stereocenters. The van der Waals surface area contributed by atoms with Gasteiger partial charge in [0.2, 0.25) is 0 Å². The number of carbonyl (C=O) groups is 2. The lowest BCUT2D eigenvalue weighted by Gasteiger charge is -2.27. The molecule has 0 aromatic carbocycles. The Bertz CT molecular complexity index is 998. The van der Waals surface area contributed by atoms with Gasteiger partial charge >= 0.3 is 25.3 Å². The fourth-order valence-electron chi connectivity index (χ4n) is 3.08. The average molecular weight is 508 g/mol. The number of nitrogens with zero attached hydrogens (tertiary/aromatic N) is 1. The van der Waals surface area contributed by atoms with E-state index in [1.165, 1.54) is 6.92 Å². The molecule has 1 aliphatic rings. The van der Waals surface area contributed by atoms with E-state index in [4.69, 9.17) is 18.7 Å². The van der Waals surface area contributed by atoms with E-state index in [-0.39, 0.29) is 13.2 Å². The quantitative estimate of drug-likeness (QED) is 0.153. The molecule has 34 heavy (non-hydrogen) atoms. The van der Waals surface area contributed by atoms with Crippen molar-refractivity contribution in [2.24, 2.45) is 0 Å². The Morgan fingerprint density at radius 3 is 2.26 bits per heavy atom. The molecule has 2 unspecified atom stereocenters.